The summed E-state index contributed by atoms with van der Waals surface area (Å²) in [5.41, 5.74) is 1.80. The maximum absolute atomic E-state index is 12.6. The first-order valence-corrected chi connectivity index (χ1v) is 9.96. The van der Waals surface area contributed by atoms with Gasteiger partial charge >= 0.3 is 0 Å². The minimum Gasteiger partial charge on any atom is -0.491 e. The van der Waals surface area contributed by atoms with E-state index in [2.05, 4.69) is 29.1 Å². The van der Waals surface area contributed by atoms with Gasteiger partial charge in [-0.15, -0.1) is 11.3 Å². The van der Waals surface area contributed by atoms with Crippen LogP contribution in [0.1, 0.15) is 13.8 Å². The van der Waals surface area contributed by atoms with Crippen LogP contribution in [0.25, 0.3) is 22.3 Å². The molecule has 144 valence electrons. The molecule has 3 aromatic rings. The van der Waals surface area contributed by atoms with Gasteiger partial charge in [0.05, 0.1) is 16.9 Å². The van der Waals surface area contributed by atoms with E-state index >= 15 is 0 Å². The van der Waals surface area contributed by atoms with Gasteiger partial charge in [-0.25, -0.2) is 4.98 Å². The molecule has 0 radical (unpaired) electrons. The van der Waals surface area contributed by atoms with E-state index < -0.39 is 0 Å². The summed E-state index contributed by atoms with van der Waals surface area (Å²) in [5.74, 6) is 0.555. The number of benzene rings is 1. The van der Waals surface area contributed by atoms with E-state index in [-0.39, 0.29) is 11.5 Å². The molecule has 0 spiro atoms. The maximum atomic E-state index is 12.6. The Morgan fingerprint density at radius 2 is 2.15 bits per heavy atom. The molecule has 2 aromatic heterocycles. The maximum Gasteiger partial charge on any atom is 0.190 e. The molecule has 0 amide bonds. The number of hydrogen-bond donors (Lipinski definition) is 2. The molecule has 0 aliphatic carbocycles. The smallest absolute Gasteiger partial charge is 0.190 e. The van der Waals surface area contributed by atoms with Gasteiger partial charge in [-0.3, -0.25) is 4.79 Å². The van der Waals surface area contributed by atoms with Crippen LogP contribution in [0.15, 0.2) is 28.4 Å². The SMILES string of the molecule is CC(C)Nc1nc(-c2cc(=O)c3ccc(OCCN(C)C)c(Cl)c3[nH]2)cs1. The third-order valence-electron chi connectivity index (χ3n) is 3.90. The average molecular weight is 407 g/mol. The minimum atomic E-state index is -0.105. The molecule has 27 heavy (non-hydrogen) atoms. The van der Waals surface area contributed by atoms with Gasteiger partial charge in [0.2, 0.25) is 0 Å². The molecule has 8 heteroatoms. The number of pyridine rings is 1. The van der Waals surface area contributed by atoms with Crippen LogP contribution >= 0.6 is 22.9 Å². The number of rotatable bonds is 7. The predicted octanol–water partition coefficient (Wildman–Crippen LogP) is 4.07. The van der Waals surface area contributed by atoms with E-state index in [4.69, 9.17) is 16.3 Å². The minimum absolute atomic E-state index is 0.105. The monoisotopic (exact) mass is 406 g/mol. The summed E-state index contributed by atoms with van der Waals surface area (Å²) < 4.78 is 5.77. The molecular formula is C19H23ClN4O2S. The summed E-state index contributed by atoms with van der Waals surface area (Å²) >= 11 is 8.02. The Morgan fingerprint density at radius 1 is 1.37 bits per heavy atom. The summed E-state index contributed by atoms with van der Waals surface area (Å²) in [6.07, 6.45) is 0. The van der Waals surface area contributed by atoms with Gasteiger partial charge in [0, 0.05) is 29.4 Å². The number of thiazole rings is 1. The topological polar surface area (TPSA) is 70.2 Å². The van der Waals surface area contributed by atoms with Crippen LogP contribution in [0.5, 0.6) is 5.75 Å². The Balaban J connectivity index is 1.97. The molecule has 0 fully saturated rings. The number of likely N-dealkylation sites (N-methyl/N-ethyl adjacent to an activating group) is 1. The Bertz CT molecular complexity index is 997. The molecule has 0 unspecified atom stereocenters. The molecule has 0 aliphatic heterocycles. The summed E-state index contributed by atoms with van der Waals surface area (Å²) in [6.45, 7) is 5.39. The number of ether oxygens (including phenoxy) is 1. The third-order valence-corrected chi connectivity index (χ3v) is 5.04. The van der Waals surface area contributed by atoms with Crippen molar-refractivity contribution in [3.8, 4) is 17.1 Å². The summed E-state index contributed by atoms with van der Waals surface area (Å²) in [6, 6.07) is 5.32. The van der Waals surface area contributed by atoms with E-state index in [1.807, 2.05) is 24.4 Å². The Hall–Kier alpha value is -2.09. The predicted molar refractivity (Wildman–Crippen MR) is 113 cm³/mol. The fourth-order valence-corrected chi connectivity index (χ4v) is 3.69. The van der Waals surface area contributed by atoms with Crippen molar-refractivity contribution in [2.75, 3.05) is 32.6 Å². The Labute approximate surface area is 167 Å². The van der Waals surface area contributed by atoms with E-state index in [1.165, 1.54) is 11.3 Å². The Kier molecular flexibility index (Phi) is 6.04. The molecule has 2 heterocycles. The van der Waals surface area contributed by atoms with Crippen molar-refractivity contribution in [1.82, 2.24) is 14.9 Å². The second kappa shape index (κ2) is 8.29. The van der Waals surface area contributed by atoms with Gasteiger partial charge < -0.3 is 19.9 Å². The van der Waals surface area contributed by atoms with Crippen molar-refractivity contribution in [3.63, 3.8) is 0 Å². The van der Waals surface area contributed by atoms with Crippen LogP contribution in [0, 0.1) is 0 Å². The molecule has 0 saturated carbocycles. The van der Waals surface area contributed by atoms with Crippen LogP contribution in [0.3, 0.4) is 0 Å². The first kappa shape index (κ1) is 19.7. The molecule has 6 nitrogen and oxygen atoms in total. The number of fused-ring (bicyclic) bond motifs is 1. The van der Waals surface area contributed by atoms with Crippen LogP contribution in [-0.4, -0.2) is 48.2 Å². The zero-order valence-corrected chi connectivity index (χ0v) is 17.4. The van der Waals surface area contributed by atoms with Crippen molar-refractivity contribution in [1.29, 1.82) is 0 Å². The lowest BCUT2D eigenvalue weighted by Crippen LogP contribution is -2.19. The van der Waals surface area contributed by atoms with Crippen molar-refractivity contribution in [3.05, 3.63) is 38.8 Å². The van der Waals surface area contributed by atoms with Crippen LogP contribution in [-0.2, 0) is 0 Å². The first-order chi connectivity index (χ1) is 12.8. The van der Waals surface area contributed by atoms with Crippen molar-refractivity contribution in [2.45, 2.75) is 19.9 Å². The highest BCUT2D eigenvalue weighted by molar-refractivity contribution is 7.14. The average Bonchev–Trinajstić information content (AvgIpc) is 3.04. The fraction of sp³-hybridized carbons (Fsp3) is 0.368. The van der Waals surface area contributed by atoms with Gasteiger partial charge in [-0.1, -0.05) is 11.6 Å². The van der Waals surface area contributed by atoms with Gasteiger partial charge in [0.1, 0.15) is 17.4 Å². The van der Waals surface area contributed by atoms with Crippen LogP contribution < -0.4 is 15.5 Å². The largest absolute Gasteiger partial charge is 0.491 e. The van der Waals surface area contributed by atoms with Gasteiger partial charge in [0.25, 0.3) is 0 Å². The quantitative estimate of drug-likeness (QED) is 0.619. The molecule has 0 saturated heterocycles. The zero-order chi connectivity index (χ0) is 19.6. The van der Waals surface area contributed by atoms with Crippen LogP contribution in [0.2, 0.25) is 5.02 Å². The fourth-order valence-electron chi connectivity index (χ4n) is 2.56. The first-order valence-electron chi connectivity index (χ1n) is 8.70. The summed E-state index contributed by atoms with van der Waals surface area (Å²) in [4.78, 5) is 22.4. The van der Waals surface area contributed by atoms with E-state index in [9.17, 15) is 4.79 Å². The highest BCUT2D eigenvalue weighted by atomic mass is 35.5. The third kappa shape index (κ3) is 4.61. The molecule has 1 aromatic carbocycles. The van der Waals surface area contributed by atoms with E-state index in [0.717, 1.165) is 11.7 Å². The van der Waals surface area contributed by atoms with Gasteiger partial charge in [-0.2, -0.15) is 0 Å². The van der Waals surface area contributed by atoms with Gasteiger partial charge in [-0.05, 0) is 40.1 Å². The Morgan fingerprint density at radius 3 is 2.85 bits per heavy atom. The lowest BCUT2D eigenvalue weighted by atomic mass is 10.1. The van der Waals surface area contributed by atoms with Crippen molar-refractivity contribution < 1.29 is 4.74 Å². The zero-order valence-electron chi connectivity index (χ0n) is 15.8. The van der Waals surface area contributed by atoms with E-state index in [0.29, 0.717) is 39.7 Å². The van der Waals surface area contributed by atoms with Crippen molar-refractivity contribution in [2.24, 2.45) is 0 Å². The number of aromatic nitrogens is 2. The number of hydrogen-bond acceptors (Lipinski definition) is 6. The number of anilines is 1. The molecule has 0 bridgehead atoms. The number of aromatic amines is 1. The molecular weight excluding hydrogens is 384 g/mol. The number of halogens is 1. The standard InChI is InChI=1S/C19H23ClN4O2S/c1-11(2)21-19-23-14(10-27-19)13-9-15(25)12-5-6-16(17(20)18(12)22-13)26-8-7-24(3)4/h5-6,9-11H,7-8H2,1-4H3,(H,21,23)(H,22,25). The van der Waals surface area contributed by atoms with Crippen molar-refractivity contribution >= 4 is 39.0 Å². The molecule has 2 N–H and O–H groups in total. The van der Waals surface area contributed by atoms with Gasteiger partial charge in [0.15, 0.2) is 10.6 Å². The molecule has 0 atom stereocenters. The molecule has 0 aliphatic rings. The van der Waals surface area contributed by atoms with E-state index in [1.54, 1.807) is 18.2 Å². The van der Waals surface area contributed by atoms with Crippen LogP contribution in [0.4, 0.5) is 5.13 Å². The lowest BCUT2D eigenvalue weighted by molar-refractivity contribution is 0.262. The second-order valence-corrected chi connectivity index (χ2v) is 8.07. The lowest BCUT2D eigenvalue weighted by Gasteiger charge is -2.13. The summed E-state index contributed by atoms with van der Waals surface area (Å²) in [5, 5.41) is 6.92. The number of nitrogens with one attached hydrogen (secondary N) is 2. The number of H-pyrrole nitrogens is 1. The number of nitrogens with zero attached hydrogens (tertiary/aromatic N) is 2. The highest BCUT2D eigenvalue weighted by Gasteiger charge is 2.13. The second-order valence-electron chi connectivity index (χ2n) is 6.84. The molecule has 3 rings (SSSR count). The highest BCUT2D eigenvalue weighted by Crippen LogP contribution is 2.32. The normalized spacial score (nSPS) is 11.5. The summed E-state index contributed by atoms with van der Waals surface area (Å²) in [7, 11) is 3.96.